The first-order chi connectivity index (χ1) is 7.21. The highest BCUT2D eigenvalue weighted by Crippen LogP contribution is 2.24. The standard InChI is InChI=1S/C10H19BF3N2/c1-8-5-16(7-10(8)15(3)4)6-9(2)11(12,13)14/h8,10H,2,5-7H2,1,3-4H3/q-1. The van der Waals surface area contributed by atoms with Gasteiger partial charge in [-0.2, -0.15) is 0 Å². The molecule has 2 atom stereocenters. The minimum absolute atomic E-state index is 0.0435. The summed E-state index contributed by atoms with van der Waals surface area (Å²) < 4.78 is 37.1. The van der Waals surface area contributed by atoms with Crippen LogP contribution in [-0.2, 0) is 0 Å². The lowest BCUT2D eigenvalue weighted by Gasteiger charge is -2.25. The van der Waals surface area contributed by atoms with Gasteiger partial charge in [0.25, 0.3) is 0 Å². The van der Waals surface area contributed by atoms with Gasteiger partial charge < -0.3 is 22.7 Å². The number of hydrogen-bond donors (Lipinski definition) is 0. The Morgan fingerprint density at radius 1 is 1.38 bits per heavy atom. The molecule has 1 aliphatic heterocycles. The minimum atomic E-state index is -4.89. The molecule has 94 valence electrons. The third-order valence-corrected chi connectivity index (χ3v) is 3.20. The van der Waals surface area contributed by atoms with Crippen molar-refractivity contribution in [2.75, 3.05) is 33.7 Å². The lowest BCUT2D eigenvalue weighted by Crippen LogP contribution is -2.36. The van der Waals surface area contributed by atoms with Gasteiger partial charge in [-0.15, -0.1) is 12.1 Å². The van der Waals surface area contributed by atoms with E-state index in [4.69, 9.17) is 0 Å². The Hall–Kier alpha value is -0.485. The number of likely N-dealkylation sites (tertiary alicyclic amines) is 1. The molecule has 16 heavy (non-hydrogen) atoms. The zero-order valence-corrected chi connectivity index (χ0v) is 10.1. The largest absolute Gasteiger partial charge is 0.506 e. The van der Waals surface area contributed by atoms with E-state index in [-0.39, 0.29) is 6.54 Å². The van der Waals surface area contributed by atoms with E-state index in [0.717, 1.165) is 0 Å². The second-order valence-corrected chi connectivity index (χ2v) is 4.94. The van der Waals surface area contributed by atoms with Gasteiger partial charge in [-0.05, 0) is 26.6 Å². The maximum absolute atomic E-state index is 12.4. The molecule has 0 aromatic carbocycles. The minimum Gasteiger partial charge on any atom is -0.445 e. The number of hydrogen-bond acceptors (Lipinski definition) is 2. The Kier molecular flexibility index (Phi) is 4.07. The molecular formula is C10H19BF3N2-. The highest BCUT2D eigenvalue weighted by molar-refractivity contribution is 6.66. The molecular weight excluding hydrogens is 216 g/mol. The van der Waals surface area contributed by atoms with Crippen molar-refractivity contribution >= 4 is 6.98 Å². The fraction of sp³-hybridized carbons (Fsp3) is 0.800. The molecule has 0 aromatic rings. The lowest BCUT2D eigenvalue weighted by molar-refractivity contribution is 0.255. The number of nitrogens with zero attached hydrogens (tertiary/aromatic N) is 2. The Balaban J connectivity index is 2.51. The summed E-state index contributed by atoms with van der Waals surface area (Å²) in [6.45, 7) is 1.69. The fourth-order valence-corrected chi connectivity index (χ4v) is 2.24. The van der Waals surface area contributed by atoms with Gasteiger partial charge in [0.2, 0.25) is 0 Å². The van der Waals surface area contributed by atoms with Crippen LogP contribution in [0.25, 0.3) is 0 Å². The van der Waals surface area contributed by atoms with Crippen LogP contribution in [0.4, 0.5) is 12.9 Å². The van der Waals surface area contributed by atoms with Crippen molar-refractivity contribution in [3.8, 4) is 0 Å². The topological polar surface area (TPSA) is 6.48 Å². The maximum atomic E-state index is 12.4. The molecule has 1 aliphatic rings. The van der Waals surface area contributed by atoms with Crippen molar-refractivity contribution in [2.24, 2.45) is 5.92 Å². The molecule has 0 amide bonds. The van der Waals surface area contributed by atoms with E-state index in [1.165, 1.54) is 0 Å². The summed E-state index contributed by atoms with van der Waals surface area (Å²) in [7, 11) is 3.93. The molecule has 1 fully saturated rings. The molecule has 2 unspecified atom stereocenters. The number of likely N-dealkylation sites (N-methyl/N-ethyl adjacent to an activating group) is 1. The molecule has 0 aliphatic carbocycles. The van der Waals surface area contributed by atoms with Crippen molar-refractivity contribution in [3.63, 3.8) is 0 Å². The lowest BCUT2D eigenvalue weighted by atomic mass is 9.80. The van der Waals surface area contributed by atoms with Crippen LogP contribution in [-0.4, -0.2) is 56.5 Å². The van der Waals surface area contributed by atoms with Crippen LogP contribution in [0.3, 0.4) is 0 Å². The number of halogens is 3. The molecule has 1 saturated heterocycles. The zero-order chi connectivity index (χ0) is 12.5. The van der Waals surface area contributed by atoms with Crippen LogP contribution in [0.2, 0.25) is 0 Å². The van der Waals surface area contributed by atoms with Crippen LogP contribution in [0.5, 0.6) is 0 Å². The summed E-state index contributed by atoms with van der Waals surface area (Å²) in [6, 6.07) is 0.341. The van der Waals surface area contributed by atoms with Gasteiger partial charge in [-0.3, -0.25) is 0 Å². The second kappa shape index (κ2) is 4.79. The van der Waals surface area contributed by atoms with E-state index in [2.05, 4.69) is 18.4 Å². The molecule has 1 heterocycles. The monoisotopic (exact) mass is 235 g/mol. The molecule has 6 heteroatoms. The van der Waals surface area contributed by atoms with Gasteiger partial charge in [0.05, 0.1) is 0 Å². The van der Waals surface area contributed by atoms with Gasteiger partial charge >= 0.3 is 6.98 Å². The Bertz CT molecular complexity index is 265. The van der Waals surface area contributed by atoms with Crippen LogP contribution >= 0.6 is 0 Å². The van der Waals surface area contributed by atoms with E-state index in [9.17, 15) is 12.9 Å². The fourth-order valence-electron chi connectivity index (χ4n) is 2.24. The van der Waals surface area contributed by atoms with E-state index in [1.807, 2.05) is 19.0 Å². The van der Waals surface area contributed by atoms with E-state index in [1.54, 1.807) is 0 Å². The van der Waals surface area contributed by atoms with Gasteiger partial charge in [0.1, 0.15) is 0 Å². The summed E-state index contributed by atoms with van der Waals surface area (Å²) in [4.78, 5) is 3.92. The Morgan fingerprint density at radius 3 is 2.31 bits per heavy atom. The van der Waals surface area contributed by atoms with E-state index in [0.29, 0.717) is 25.0 Å². The highest BCUT2D eigenvalue weighted by atomic mass is 19.4. The molecule has 2 nitrogen and oxygen atoms in total. The summed E-state index contributed by atoms with van der Waals surface area (Å²) in [5.41, 5.74) is -0.591. The predicted molar refractivity (Wildman–Crippen MR) is 61.3 cm³/mol. The molecule has 0 saturated carbocycles. The van der Waals surface area contributed by atoms with E-state index >= 15 is 0 Å². The molecule has 0 spiro atoms. The maximum Gasteiger partial charge on any atom is 0.506 e. The van der Waals surface area contributed by atoms with Gasteiger partial charge in [0.15, 0.2) is 0 Å². The quantitative estimate of drug-likeness (QED) is 0.685. The third kappa shape index (κ3) is 3.25. The van der Waals surface area contributed by atoms with Gasteiger partial charge in [0, 0.05) is 19.1 Å². The van der Waals surface area contributed by atoms with Crippen LogP contribution in [0, 0.1) is 5.92 Å². The van der Waals surface area contributed by atoms with Gasteiger partial charge in [-0.1, -0.05) is 6.92 Å². The SMILES string of the molecule is C=C(CN1CC(C)C(N(C)C)C1)[B-](F)(F)F. The Labute approximate surface area is 95.2 Å². The Morgan fingerprint density at radius 2 is 1.94 bits per heavy atom. The van der Waals surface area contributed by atoms with Crippen molar-refractivity contribution in [1.29, 1.82) is 0 Å². The summed E-state index contributed by atoms with van der Waals surface area (Å²) in [6.07, 6.45) is 0. The second-order valence-electron chi connectivity index (χ2n) is 4.94. The molecule has 1 rings (SSSR count). The third-order valence-electron chi connectivity index (χ3n) is 3.20. The van der Waals surface area contributed by atoms with Crippen molar-refractivity contribution < 1.29 is 12.9 Å². The van der Waals surface area contributed by atoms with Crippen LogP contribution < -0.4 is 0 Å². The summed E-state index contributed by atoms with van der Waals surface area (Å²) in [5.74, 6) is 0.406. The first kappa shape index (κ1) is 13.6. The first-order valence-electron chi connectivity index (χ1n) is 5.48. The number of rotatable bonds is 4. The summed E-state index contributed by atoms with van der Waals surface area (Å²) >= 11 is 0. The normalized spacial score (nSPS) is 27.7. The first-order valence-corrected chi connectivity index (χ1v) is 5.48. The smallest absolute Gasteiger partial charge is 0.445 e. The highest BCUT2D eigenvalue weighted by Gasteiger charge is 2.34. The molecule has 0 radical (unpaired) electrons. The molecule has 0 N–H and O–H groups in total. The predicted octanol–water partition coefficient (Wildman–Crippen LogP) is 1.81. The average Bonchev–Trinajstić information content (AvgIpc) is 2.45. The van der Waals surface area contributed by atoms with Crippen LogP contribution in [0.1, 0.15) is 6.92 Å². The van der Waals surface area contributed by atoms with E-state index < -0.39 is 12.4 Å². The van der Waals surface area contributed by atoms with Crippen LogP contribution in [0.15, 0.2) is 12.1 Å². The molecule has 0 aromatic heterocycles. The molecule has 0 bridgehead atoms. The van der Waals surface area contributed by atoms with Crippen molar-refractivity contribution in [3.05, 3.63) is 12.1 Å². The zero-order valence-electron chi connectivity index (χ0n) is 10.1. The van der Waals surface area contributed by atoms with Gasteiger partial charge in [-0.25, -0.2) is 0 Å². The average molecular weight is 235 g/mol. The van der Waals surface area contributed by atoms with Crippen molar-refractivity contribution in [1.82, 2.24) is 9.80 Å². The summed E-state index contributed by atoms with van der Waals surface area (Å²) in [5, 5.41) is 0. The van der Waals surface area contributed by atoms with Crippen molar-refractivity contribution in [2.45, 2.75) is 13.0 Å².